The Balaban J connectivity index is 3.81. The summed E-state index contributed by atoms with van der Waals surface area (Å²) in [6.45, 7) is 11.5. The molecular weight excluding hydrogens is 340 g/mol. The fourth-order valence-corrected chi connectivity index (χ4v) is 1.75. The first-order valence-corrected chi connectivity index (χ1v) is 8.77. The predicted molar refractivity (Wildman–Crippen MR) is 98.7 cm³/mol. The van der Waals surface area contributed by atoms with Crippen LogP contribution in [0.3, 0.4) is 0 Å². The van der Waals surface area contributed by atoms with Gasteiger partial charge in [-0.1, -0.05) is 0 Å². The molecule has 0 aromatic rings. The molecule has 0 aromatic heterocycles. The Bertz CT molecular complexity index is 469. The van der Waals surface area contributed by atoms with Gasteiger partial charge in [0.05, 0.1) is 6.04 Å². The lowest BCUT2D eigenvalue weighted by molar-refractivity contribution is -0.122. The zero-order valence-electron chi connectivity index (χ0n) is 16.7. The highest BCUT2D eigenvalue weighted by Gasteiger charge is 2.17. The quantitative estimate of drug-likeness (QED) is 0.473. The summed E-state index contributed by atoms with van der Waals surface area (Å²) in [5.74, 6) is -0.312. The average Bonchev–Trinajstić information content (AvgIpc) is 2.44. The Morgan fingerprint density at radius 2 is 1.23 bits per heavy atom. The topological polar surface area (TPSA) is 132 Å². The molecule has 0 saturated carbocycles. The summed E-state index contributed by atoms with van der Waals surface area (Å²) < 4.78 is 10.2. The molecule has 1 atom stereocenters. The number of nitrogens with one attached hydrogen (secondary N) is 3. The number of hydrogen-bond donors (Lipinski definition) is 4. The van der Waals surface area contributed by atoms with Gasteiger partial charge < -0.3 is 31.2 Å². The van der Waals surface area contributed by atoms with Gasteiger partial charge in [0.25, 0.3) is 0 Å². The summed E-state index contributed by atoms with van der Waals surface area (Å²) in [4.78, 5) is 34.7. The van der Waals surface area contributed by atoms with E-state index in [4.69, 9.17) is 15.2 Å². The monoisotopic (exact) mass is 374 g/mol. The normalized spacial score (nSPS) is 12.7. The molecule has 0 radical (unpaired) electrons. The van der Waals surface area contributed by atoms with E-state index < -0.39 is 29.4 Å². The lowest BCUT2D eigenvalue weighted by Gasteiger charge is -2.20. The number of carbonyl (C=O) groups is 3. The summed E-state index contributed by atoms with van der Waals surface area (Å²) in [5.41, 5.74) is 4.68. The molecule has 0 rings (SSSR count). The standard InChI is InChI=1S/C17H34N4O5/c1-16(2,3)25-14(23)20-9-7-8-12(18)13(22)19-10-11-21-15(24)26-17(4,5)6/h12H,7-11,18H2,1-6H3,(H,19,22)(H,20,23)(H,21,24)/t12-/m0/s1. The highest BCUT2D eigenvalue weighted by molar-refractivity contribution is 5.81. The Hall–Kier alpha value is -2.03. The highest BCUT2D eigenvalue weighted by atomic mass is 16.6. The van der Waals surface area contributed by atoms with Crippen LogP contribution in [0.2, 0.25) is 0 Å². The third-order valence-electron chi connectivity index (χ3n) is 2.79. The van der Waals surface area contributed by atoms with Gasteiger partial charge in [0.2, 0.25) is 5.91 Å². The largest absolute Gasteiger partial charge is 0.444 e. The van der Waals surface area contributed by atoms with Crippen LogP contribution in [-0.4, -0.2) is 55.0 Å². The summed E-state index contributed by atoms with van der Waals surface area (Å²) >= 11 is 0. The van der Waals surface area contributed by atoms with Crippen LogP contribution in [0.25, 0.3) is 0 Å². The molecule has 0 unspecified atom stereocenters. The predicted octanol–water partition coefficient (Wildman–Crippen LogP) is 1.26. The van der Waals surface area contributed by atoms with Gasteiger partial charge in [0.15, 0.2) is 0 Å². The number of hydrogen-bond acceptors (Lipinski definition) is 6. The number of carbonyl (C=O) groups excluding carboxylic acids is 3. The summed E-state index contributed by atoms with van der Waals surface area (Å²) in [6, 6.07) is -0.683. The molecule has 0 aliphatic heterocycles. The lowest BCUT2D eigenvalue weighted by atomic mass is 10.1. The van der Waals surface area contributed by atoms with E-state index in [1.165, 1.54) is 0 Å². The van der Waals surface area contributed by atoms with E-state index in [1.54, 1.807) is 41.5 Å². The second-order valence-electron chi connectivity index (χ2n) is 7.90. The average molecular weight is 374 g/mol. The number of nitrogens with two attached hydrogens (primary N) is 1. The Morgan fingerprint density at radius 3 is 1.69 bits per heavy atom. The van der Waals surface area contributed by atoms with Gasteiger partial charge in [-0.3, -0.25) is 4.79 Å². The van der Waals surface area contributed by atoms with Crippen LogP contribution in [0.15, 0.2) is 0 Å². The fourth-order valence-electron chi connectivity index (χ4n) is 1.75. The van der Waals surface area contributed by atoms with Crippen LogP contribution in [0.4, 0.5) is 9.59 Å². The minimum absolute atomic E-state index is 0.244. The highest BCUT2D eigenvalue weighted by Crippen LogP contribution is 2.07. The molecule has 5 N–H and O–H groups in total. The molecule has 0 aromatic carbocycles. The third-order valence-corrected chi connectivity index (χ3v) is 2.79. The maximum atomic E-state index is 11.8. The lowest BCUT2D eigenvalue weighted by Crippen LogP contribution is -2.44. The maximum absolute atomic E-state index is 11.8. The smallest absolute Gasteiger partial charge is 0.407 e. The minimum atomic E-state index is -0.683. The molecule has 0 aliphatic rings. The van der Waals surface area contributed by atoms with Gasteiger partial charge in [-0.05, 0) is 54.4 Å². The van der Waals surface area contributed by atoms with E-state index in [1.807, 2.05) is 0 Å². The van der Waals surface area contributed by atoms with Crippen molar-refractivity contribution < 1.29 is 23.9 Å². The second kappa shape index (κ2) is 10.8. The zero-order chi connectivity index (χ0) is 20.4. The van der Waals surface area contributed by atoms with Crippen LogP contribution < -0.4 is 21.7 Å². The van der Waals surface area contributed by atoms with Crippen molar-refractivity contribution in [3.8, 4) is 0 Å². The van der Waals surface area contributed by atoms with E-state index in [0.29, 0.717) is 19.4 Å². The molecule has 0 bridgehead atoms. The number of alkyl carbamates (subject to hydrolysis) is 2. The summed E-state index contributed by atoms with van der Waals surface area (Å²) in [7, 11) is 0. The van der Waals surface area contributed by atoms with Crippen molar-refractivity contribution in [2.75, 3.05) is 19.6 Å². The van der Waals surface area contributed by atoms with E-state index >= 15 is 0 Å². The van der Waals surface area contributed by atoms with Crippen molar-refractivity contribution in [3.05, 3.63) is 0 Å². The maximum Gasteiger partial charge on any atom is 0.407 e. The Labute approximate surface area is 155 Å². The van der Waals surface area contributed by atoms with E-state index in [-0.39, 0.29) is 19.0 Å². The molecule has 9 nitrogen and oxygen atoms in total. The Kier molecular flexibility index (Phi) is 10.0. The van der Waals surface area contributed by atoms with Gasteiger partial charge >= 0.3 is 12.2 Å². The molecule has 3 amide bonds. The minimum Gasteiger partial charge on any atom is -0.444 e. The fraction of sp³-hybridized carbons (Fsp3) is 0.824. The van der Waals surface area contributed by atoms with Crippen molar-refractivity contribution in [2.45, 2.75) is 71.6 Å². The third kappa shape index (κ3) is 14.3. The first-order chi connectivity index (χ1) is 11.8. The van der Waals surface area contributed by atoms with Crippen molar-refractivity contribution in [1.29, 1.82) is 0 Å². The van der Waals surface area contributed by atoms with Crippen molar-refractivity contribution >= 4 is 18.1 Å². The molecule has 26 heavy (non-hydrogen) atoms. The van der Waals surface area contributed by atoms with E-state index in [0.717, 1.165) is 0 Å². The molecule has 0 aliphatic carbocycles. The first kappa shape index (κ1) is 24.0. The number of amides is 3. The van der Waals surface area contributed by atoms with Crippen LogP contribution in [0.1, 0.15) is 54.4 Å². The van der Waals surface area contributed by atoms with Crippen molar-refractivity contribution in [3.63, 3.8) is 0 Å². The number of ether oxygens (including phenoxy) is 2. The van der Waals surface area contributed by atoms with Gasteiger partial charge in [-0.2, -0.15) is 0 Å². The molecule has 9 heteroatoms. The van der Waals surface area contributed by atoms with Crippen molar-refractivity contribution in [1.82, 2.24) is 16.0 Å². The van der Waals surface area contributed by atoms with E-state index in [9.17, 15) is 14.4 Å². The van der Waals surface area contributed by atoms with Gasteiger partial charge in [0, 0.05) is 19.6 Å². The van der Waals surface area contributed by atoms with Gasteiger partial charge in [-0.15, -0.1) is 0 Å². The molecule has 0 spiro atoms. The van der Waals surface area contributed by atoms with Crippen LogP contribution in [0.5, 0.6) is 0 Å². The van der Waals surface area contributed by atoms with Gasteiger partial charge in [-0.25, -0.2) is 9.59 Å². The molecule has 152 valence electrons. The molecular formula is C17H34N4O5. The van der Waals surface area contributed by atoms with Gasteiger partial charge in [0.1, 0.15) is 11.2 Å². The summed E-state index contributed by atoms with van der Waals surface area (Å²) in [5, 5.41) is 7.78. The van der Waals surface area contributed by atoms with Crippen LogP contribution in [-0.2, 0) is 14.3 Å². The van der Waals surface area contributed by atoms with E-state index in [2.05, 4.69) is 16.0 Å². The van der Waals surface area contributed by atoms with Crippen molar-refractivity contribution in [2.24, 2.45) is 5.73 Å². The van der Waals surface area contributed by atoms with Crippen LogP contribution in [0, 0.1) is 0 Å². The Morgan fingerprint density at radius 1 is 0.808 bits per heavy atom. The second-order valence-corrected chi connectivity index (χ2v) is 7.90. The zero-order valence-corrected chi connectivity index (χ0v) is 16.7. The SMILES string of the molecule is CC(C)(C)OC(=O)NCCC[C@H](N)C(=O)NCCNC(=O)OC(C)(C)C. The van der Waals surface area contributed by atoms with Crippen LogP contribution >= 0.6 is 0 Å². The molecule has 0 fully saturated rings. The molecule has 0 heterocycles. The summed E-state index contributed by atoms with van der Waals surface area (Å²) in [6.07, 6.45) is -0.0708. The first-order valence-electron chi connectivity index (χ1n) is 8.77. The molecule has 0 saturated heterocycles. The number of rotatable bonds is 8.